The topological polar surface area (TPSA) is 103 Å². The van der Waals surface area contributed by atoms with Crippen molar-refractivity contribution in [3.8, 4) is 6.01 Å². The lowest BCUT2D eigenvalue weighted by molar-refractivity contribution is -0.117. The summed E-state index contributed by atoms with van der Waals surface area (Å²) in [5.74, 6) is -0.0610. The van der Waals surface area contributed by atoms with E-state index in [1.165, 1.54) is 0 Å². The van der Waals surface area contributed by atoms with Crippen LogP contribution in [0.4, 0.5) is 10.5 Å². The second kappa shape index (κ2) is 7.58. The third-order valence-corrected chi connectivity index (χ3v) is 5.04. The molecule has 0 spiro atoms. The van der Waals surface area contributed by atoms with Gasteiger partial charge in [0.05, 0.1) is 49.7 Å². The zero-order chi connectivity index (χ0) is 21.5. The SMILES string of the molecule is CC1Cn2ncc(N3C[C@@H](Oc4ncccn4)CC3=O)c2CN1C(=O)OC(C)(C)C. The molecule has 4 rings (SSSR count). The van der Waals surface area contributed by atoms with Gasteiger partial charge in [-0.25, -0.2) is 14.8 Å². The van der Waals surface area contributed by atoms with E-state index < -0.39 is 5.60 Å². The number of carbonyl (C=O) groups excluding carboxylic acids is 2. The maximum atomic E-state index is 12.7. The summed E-state index contributed by atoms with van der Waals surface area (Å²) in [6, 6.07) is 1.88. The smallest absolute Gasteiger partial charge is 0.410 e. The molecule has 0 radical (unpaired) electrons. The number of rotatable bonds is 3. The molecule has 4 heterocycles. The highest BCUT2D eigenvalue weighted by Crippen LogP contribution is 2.31. The molecular formula is C20H26N6O4. The van der Waals surface area contributed by atoms with Gasteiger partial charge in [-0.05, 0) is 33.8 Å². The average molecular weight is 414 g/mol. The minimum Gasteiger partial charge on any atom is -0.458 e. The minimum absolute atomic E-state index is 0.0610. The molecule has 2 atom stereocenters. The Morgan fingerprint density at radius 2 is 1.93 bits per heavy atom. The van der Waals surface area contributed by atoms with E-state index in [1.807, 2.05) is 32.4 Å². The summed E-state index contributed by atoms with van der Waals surface area (Å²) in [7, 11) is 0. The summed E-state index contributed by atoms with van der Waals surface area (Å²) in [4.78, 5) is 36.8. The minimum atomic E-state index is -0.577. The van der Waals surface area contributed by atoms with Gasteiger partial charge >= 0.3 is 12.1 Å². The third-order valence-electron chi connectivity index (χ3n) is 5.04. The van der Waals surface area contributed by atoms with Gasteiger partial charge in [-0.15, -0.1) is 0 Å². The van der Waals surface area contributed by atoms with Crippen LogP contribution in [0.5, 0.6) is 6.01 Å². The molecule has 0 aliphatic carbocycles. The predicted molar refractivity (Wildman–Crippen MR) is 107 cm³/mol. The molecule has 0 N–H and O–H groups in total. The van der Waals surface area contributed by atoms with Crippen molar-refractivity contribution >= 4 is 17.7 Å². The molecule has 10 nitrogen and oxygen atoms in total. The standard InChI is InChI=1S/C20H26N6O4/c1-13-10-26-16(12-24(13)19(28)30-20(2,3)4)15(9-23-26)25-11-14(8-17(25)27)29-18-21-6-5-7-22-18/h5-7,9,13-14H,8,10-12H2,1-4H3/t13?,14-/m0/s1. The molecule has 0 saturated carbocycles. The first kappa shape index (κ1) is 20.1. The number of aromatic nitrogens is 4. The quantitative estimate of drug-likeness (QED) is 0.757. The maximum Gasteiger partial charge on any atom is 0.410 e. The highest BCUT2D eigenvalue weighted by molar-refractivity contribution is 5.96. The van der Waals surface area contributed by atoms with Crippen molar-refractivity contribution in [2.45, 2.75) is 65.0 Å². The number of amides is 2. The van der Waals surface area contributed by atoms with E-state index in [-0.39, 0.29) is 36.6 Å². The summed E-state index contributed by atoms with van der Waals surface area (Å²) in [5, 5.41) is 4.44. The summed E-state index contributed by atoms with van der Waals surface area (Å²) in [5.41, 5.74) is 0.927. The van der Waals surface area contributed by atoms with Gasteiger partial charge in [0.25, 0.3) is 0 Å². The van der Waals surface area contributed by atoms with Gasteiger partial charge in [0.15, 0.2) is 0 Å². The van der Waals surface area contributed by atoms with E-state index in [4.69, 9.17) is 9.47 Å². The van der Waals surface area contributed by atoms with Crippen molar-refractivity contribution in [2.24, 2.45) is 0 Å². The van der Waals surface area contributed by atoms with Crippen LogP contribution in [0.1, 0.15) is 39.8 Å². The van der Waals surface area contributed by atoms with Crippen LogP contribution in [0.3, 0.4) is 0 Å². The van der Waals surface area contributed by atoms with E-state index in [0.717, 1.165) is 5.69 Å². The van der Waals surface area contributed by atoms with Crippen molar-refractivity contribution in [1.82, 2.24) is 24.6 Å². The van der Waals surface area contributed by atoms with Crippen molar-refractivity contribution < 1.29 is 19.1 Å². The van der Waals surface area contributed by atoms with Gasteiger partial charge in [0.1, 0.15) is 11.7 Å². The number of carbonyl (C=O) groups is 2. The zero-order valence-electron chi connectivity index (χ0n) is 17.6. The van der Waals surface area contributed by atoms with E-state index in [1.54, 1.807) is 34.5 Å². The summed E-state index contributed by atoms with van der Waals surface area (Å²) >= 11 is 0. The second-order valence-electron chi connectivity index (χ2n) is 8.60. The average Bonchev–Trinajstić information content (AvgIpc) is 3.22. The molecule has 2 aliphatic heterocycles. The maximum absolute atomic E-state index is 12.7. The van der Waals surface area contributed by atoms with Crippen LogP contribution in [0.25, 0.3) is 0 Å². The van der Waals surface area contributed by atoms with Crippen LogP contribution in [0.2, 0.25) is 0 Å². The fraction of sp³-hybridized carbons (Fsp3) is 0.550. The Kier molecular flexibility index (Phi) is 5.08. The van der Waals surface area contributed by atoms with Gasteiger partial charge < -0.3 is 14.4 Å². The molecule has 1 saturated heterocycles. The number of ether oxygens (including phenoxy) is 2. The molecule has 160 valence electrons. The van der Waals surface area contributed by atoms with E-state index in [0.29, 0.717) is 25.3 Å². The Morgan fingerprint density at radius 3 is 2.63 bits per heavy atom. The Morgan fingerprint density at radius 1 is 1.20 bits per heavy atom. The Hall–Kier alpha value is -3.17. The number of nitrogens with zero attached hydrogens (tertiary/aromatic N) is 6. The monoisotopic (exact) mass is 414 g/mol. The van der Waals surface area contributed by atoms with E-state index in [9.17, 15) is 9.59 Å². The molecule has 1 fully saturated rings. The number of hydrogen-bond acceptors (Lipinski definition) is 7. The molecule has 2 aromatic rings. The van der Waals surface area contributed by atoms with Crippen LogP contribution in [0, 0.1) is 0 Å². The fourth-order valence-electron chi connectivity index (χ4n) is 3.66. The van der Waals surface area contributed by atoms with Gasteiger partial charge in [-0.3, -0.25) is 14.4 Å². The lowest BCUT2D eigenvalue weighted by Gasteiger charge is -2.36. The molecule has 30 heavy (non-hydrogen) atoms. The fourth-order valence-corrected chi connectivity index (χ4v) is 3.66. The van der Waals surface area contributed by atoms with Gasteiger partial charge in [0, 0.05) is 12.4 Å². The number of hydrogen-bond donors (Lipinski definition) is 0. The van der Waals surface area contributed by atoms with Crippen molar-refractivity contribution in [2.75, 3.05) is 11.4 Å². The summed E-state index contributed by atoms with van der Waals surface area (Å²) in [6.45, 7) is 8.71. The highest BCUT2D eigenvalue weighted by atomic mass is 16.6. The van der Waals surface area contributed by atoms with Gasteiger partial charge in [-0.2, -0.15) is 5.10 Å². The zero-order valence-corrected chi connectivity index (χ0v) is 17.6. The molecule has 10 heteroatoms. The Balaban J connectivity index is 1.51. The van der Waals surface area contributed by atoms with Gasteiger partial charge in [-0.1, -0.05) is 0 Å². The predicted octanol–water partition coefficient (Wildman–Crippen LogP) is 2.00. The summed E-state index contributed by atoms with van der Waals surface area (Å²) in [6.07, 6.45) is 4.38. The molecule has 2 aromatic heterocycles. The molecule has 2 aliphatic rings. The molecule has 0 aromatic carbocycles. The van der Waals surface area contributed by atoms with Gasteiger partial charge in [0.2, 0.25) is 5.91 Å². The van der Waals surface area contributed by atoms with Crippen LogP contribution in [-0.2, 0) is 22.6 Å². The highest BCUT2D eigenvalue weighted by Gasteiger charge is 2.38. The first-order valence-corrected chi connectivity index (χ1v) is 9.99. The van der Waals surface area contributed by atoms with Crippen molar-refractivity contribution in [1.29, 1.82) is 0 Å². The van der Waals surface area contributed by atoms with E-state index >= 15 is 0 Å². The first-order valence-electron chi connectivity index (χ1n) is 9.99. The first-order chi connectivity index (χ1) is 14.2. The van der Waals surface area contributed by atoms with Crippen LogP contribution in [-0.4, -0.2) is 60.9 Å². The van der Waals surface area contributed by atoms with Crippen LogP contribution in [0.15, 0.2) is 24.7 Å². The normalized spacial score (nSPS) is 21.5. The third kappa shape index (κ3) is 4.07. The largest absolute Gasteiger partial charge is 0.458 e. The van der Waals surface area contributed by atoms with Crippen LogP contribution >= 0.6 is 0 Å². The Labute approximate surface area is 174 Å². The summed E-state index contributed by atoms with van der Waals surface area (Å²) < 4.78 is 13.2. The lowest BCUT2D eigenvalue weighted by Crippen LogP contribution is -2.47. The van der Waals surface area contributed by atoms with Crippen molar-refractivity contribution in [3.05, 3.63) is 30.4 Å². The lowest BCUT2D eigenvalue weighted by atomic mass is 10.2. The molecular weight excluding hydrogens is 388 g/mol. The van der Waals surface area contributed by atoms with Crippen molar-refractivity contribution in [3.63, 3.8) is 0 Å². The second-order valence-corrected chi connectivity index (χ2v) is 8.60. The number of anilines is 1. The molecule has 0 bridgehead atoms. The molecule has 1 unspecified atom stereocenters. The number of fused-ring (bicyclic) bond motifs is 1. The Bertz CT molecular complexity index is 939. The molecule has 2 amide bonds. The van der Waals surface area contributed by atoms with E-state index in [2.05, 4.69) is 15.1 Å². The van der Waals surface area contributed by atoms with Crippen LogP contribution < -0.4 is 9.64 Å².